The molecule has 0 atom stereocenters. The van der Waals surface area contributed by atoms with Gasteiger partial charge in [0.2, 0.25) is 10.0 Å². The fraction of sp³-hybridized carbons (Fsp3) is 0.500. The summed E-state index contributed by atoms with van der Waals surface area (Å²) in [5.74, 6) is 0.259. The number of nitriles is 1. The molecule has 8 heteroatoms. The summed E-state index contributed by atoms with van der Waals surface area (Å²) < 4.78 is 21.5. The lowest BCUT2D eigenvalue weighted by Crippen LogP contribution is -2.19. The average Bonchev–Trinajstić information content (AvgIpc) is 2.28. The zero-order chi connectivity index (χ0) is 13.8. The fourth-order valence-electron chi connectivity index (χ4n) is 1.35. The van der Waals surface area contributed by atoms with E-state index in [0.717, 1.165) is 5.56 Å². The Morgan fingerprint density at radius 1 is 1.39 bits per heavy atom. The van der Waals surface area contributed by atoms with Gasteiger partial charge in [-0.3, -0.25) is 0 Å². The van der Waals surface area contributed by atoms with Gasteiger partial charge in [0.25, 0.3) is 0 Å². The lowest BCUT2D eigenvalue weighted by atomic mass is 10.1. The molecule has 0 bridgehead atoms. The van der Waals surface area contributed by atoms with E-state index in [9.17, 15) is 8.42 Å². The van der Waals surface area contributed by atoms with Crippen LogP contribution in [0, 0.1) is 25.2 Å². The van der Waals surface area contributed by atoms with E-state index < -0.39 is 10.0 Å². The van der Waals surface area contributed by atoms with Crippen molar-refractivity contribution in [2.24, 2.45) is 5.14 Å². The predicted molar refractivity (Wildman–Crippen MR) is 67.3 cm³/mol. The van der Waals surface area contributed by atoms with E-state index in [0.29, 0.717) is 30.0 Å². The summed E-state index contributed by atoms with van der Waals surface area (Å²) in [6.07, 6.45) is 0.346. The number of nitrogens with zero attached hydrogens (tertiary/aromatic N) is 3. The Morgan fingerprint density at radius 3 is 2.61 bits per heavy atom. The highest BCUT2D eigenvalue weighted by molar-refractivity contribution is 7.89. The summed E-state index contributed by atoms with van der Waals surface area (Å²) in [4.78, 5) is 0. The molecular weight excluding hydrogens is 254 g/mol. The highest BCUT2D eigenvalue weighted by Gasteiger charge is 2.10. The van der Waals surface area contributed by atoms with Crippen LogP contribution in [-0.2, 0) is 10.0 Å². The first-order valence-corrected chi connectivity index (χ1v) is 7.05. The predicted octanol–water partition coefficient (Wildman–Crippen LogP) is 0.0556. The molecule has 0 saturated carbocycles. The van der Waals surface area contributed by atoms with Crippen molar-refractivity contribution in [1.29, 1.82) is 5.26 Å². The number of aromatic nitrogens is 2. The molecule has 7 nitrogen and oxygen atoms in total. The second-order valence-corrected chi connectivity index (χ2v) is 5.63. The van der Waals surface area contributed by atoms with Crippen molar-refractivity contribution in [1.82, 2.24) is 10.2 Å². The van der Waals surface area contributed by atoms with E-state index >= 15 is 0 Å². The van der Waals surface area contributed by atoms with Gasteiger partial charge in [0.15, 0.2) is 5.82 Å². The van der Waals surface area contributed by atoms with Gasteiger partial charge in [-0.25, -0.2) is 13.6 Å². The van der Waals surface area contributed by atoms with Crippen molar-refractivity contribution in [2.75, 3.05) is 17.6 Å². The topological polar surface area (TPSA) is 122 Å². The Bertz CT molecular complexity index is 577. The zero-order valence-electron chi connectivity index (χ0n) is 10.3. The van der Waals surface area contributed by atoms with E-state index in [1.54, 1.807) is 13.8 Å². The quantitative estimate of drug-likeness (QED) is 0.728. The maximum absolute atomic E-state index is 10.7. The maximum Gasteiger partial charge on any atom is 0.209 e. The molecule has 3 N–H and O–H groups in total. The second kappa shape index (κ2) is 5.75. The molecule has 0 unspecified atom stereocenters. The van der Waals surface area contributed by atoms with Gasteiger partial charge in [0.05, 0.1) is 11.4 Å². The normalized spacial score (nSPS) is 11.0. The molecule has 1 aromatic rings. The van der Waals surface area contributed by atoms with Crippen molar-refractivity contribution >= 4 is 15.8 Å². The molecule has 0 saturated heterocycles. The van der Waals surface area contributed by atoms with Gasteiger partial charge in [-0.1, -0.05) is 0 Å². The third kappa shape index (κ3) is 3.94. The summed E-state index contributed by atoms with van der Waals surface area (Å²) in [5.41, 5.74) is 1.89. The molecule has 1 rings (SSSR count). The minimum absolute atomic E-state index is 0.111. The Balaban J connectivity index is 2.69. The van der Waals surface area contributed by atoms with Crippen LogP contribution < -0.4 is 10.5 Å². The first kappa shape index (κ1) is 14.3. The molecule has 0 fully saturated rings. The first-order chi connectivity index (χ1) is 8.35. The smallest absolute Gasteiger partial charge is 0.209 e. The summed E-state index contributed by atoms with van der Waals surface area (Å²) in [6, 6.07) is 2.05. The van der Waals surface area contributed by atoms with Crippen LogP contribution in [0.4, 0.5) is 5.82 Å². The van der Waals surface area contributed by atoms with Gasteiger partial charge in [-0.2, -0.15) is 10.4 Å². The van der Waals surface area contributed by atoms with Crippen LogP contribution in [-0.4, -0.2) is 30.9 Å². The third-order valence-corrected chi connectivity index (χ3v) is 3.32. The van der Waals surface area contributed by atoms with Crippen molar-refractivity contribution in [3.8, 4) is 6.07 Å². The molecule has 1 heterocycles. The molecule has 18 heavy (non-hydrogen) atoms. The van der Waals surface area contributed by atoms with Crippen LogP contribution in [0.15, 0.2) is 0 Å². The zero-order valence-corrected chi connectivity index (χ0v) is 11.1. The van der Waals surface area contributed by atoms with Gasteiger partial charge in [0, 0.05) is 6.54 Å². The number of nitrogens with two attached hydrogens (primary N) is 1. The lowest BCUT2D eigenvalue weighted by Gasteiger charge is -2.08. The van der Waals surface area contributed by atoms with Gasteiger partial charge in [0.1, 0.15) is 11.6 Å². The number of hydrogen-bond acceptors (Lipinski definition) is 6. The van der Waals surface area contributed by atoms with Gasteiger partial charge in [-0.15, -0.1) is 5.10 Å². The van der Waals surface area contributed by atoms with Crippen LogP contribution in [0.25, 0.3) is 0 Å². The summed E-state index contributed by atoms with van der Waals surface area (Å²) in [7, 11) is -3.45. The summed E-state index contributed by atoms with van der Waals surface area (Å²) >= 11 is 0. The SMILES string of the molecule is Cc1nnc(NCCCS(N)(=O)=O)c(C#N)c1C. The number of nitrogens with one attached hydrogen (secondary N) is 1. The molecular formula is C10H15N5O2S. The van der Waals surface area contributed by atoms with Crippen molar-refractivity contribution < 1.29 is 8.42 Å². The fourth-order valence-corrected chi connectivity index (χ4v) is 1.90. The highest BCUT2D eigenvalue weighted by atomic mass is 32.2. The molecule has 0 amide bonds. The Labute approximate surface area is 106 Å². The van der Waals surface area contributed by atoms with Gasteiger partial charge < -0.3 is 5.32 Å². The van der Waals surface area contributed by atoms with Crippen LogP contribution in [0.2, 0.25) is 0 Å². The number of hydrogen-bond donors (Lipinski definition) is 2. The molecule has 0 aliphatic rings. The minimum atomic E-state index is -3.45. The minimum Gasteiger partial charge on any atom is -0.367 e. The molecule has 0 spiro atoms. The van der Waals surface area contributed by atoms with E-state index in [4.69, 9.17) is 10.4 Å². The molecule has 0 aromatic carbocycles. The van der Waals surface area contributed by atoms with E-state index in [-0.39, 0.29) is 5.75 Å². The van der Waals surface area contributed by atoms with Crippen molar-refractivity contribution in [3.63, 3.8) is 0 Å². The van der Waals surface area contributed by atoms with Gasteiger partial charge >= 0.3 is 0 Å². The summed E-state index contributed by atoms with van der Waals surface area (Å²) in [5, 5.41) is 24.6. The largest absolute Gasteiger partial charge is 0.367 e. The van der Waals surface area contributed by atoms with Crippen LogP contribution >= 0.6 is 0 Å². The highest BCUT2D eigenvalue weighted by Crippen LogP contribution is 2.16. The molecule has 0 aliphatic heterocycles. The number of anilines is 1. The van der Waals surface area contributed by atoms with Gasteiger partial charge in [-0.05, 0) is 25.8 Å². The lowest BCUT2D eigenvalue weighted by molar-refractivity contribution is 0.595. The second-order valence-electron chi connectivity index (χ2n) is 3.89. The number of sulfonamides is 1. The number of rotatable bonds is 5. The molecule has 1 aromatic heterocycles. The first-order valence-electron chi connectivity index (χ1n) is 5.33. The molecule has 0 aliphatic carbocycles. The van der Waals surface area contributed by atoms with Crippen LogP contribution in [0.5, 0.6) is 0 Å². The van der Waals surface area contributed by atoms with Crippen molar-refractivity contribution in [2.45, 2.75) is 20.3 Å². The number of primary sulfonamides is 1. The third-order valence-electron chi connectivity index (χ3n) is 2.46. The van der Waals surface area contributed by atoms with E-state index in [1.165, 1.54) is 0 Å². The standard InChI is InChI=1S/C10H15N5O2S/c1-7-8(2)14-15-10(9(7)6-11)13-4-3-5-18(12,16)17/h3-5H2,1-2H3,(H,13,15)(H2,12,16,17). The molecule has 0 radical (unpaired) electrons. The average molecular weight is 269 g/mol. The Hall–Kier alpha value is -1.72. The Morgan fingerprint density at radius 2 is 2.06 bits per heavy atom. The number of aryl methyl sites for hydroxylation is 1. The summed E-state index contributed by atoms with van der Waals surface area (Å²) in [6.45, 7) is 3.92. The van der Waals surface area contributed by atoms with Crippen molar-refractivity contribution in [3.05, 3.63) is 16.8 Å². The maximum atomic E-state index is 10.7. The van der Waals surface area contributed by atoms with Crippen LogP contribution in [0.1, 0.15) is 23.2 Å². The van der Waals surface area contributed by atoms with E-state index in [2.05, 4.69) is 21.6 Å². The molecule has 98 valence electrons. The monoisotopic (exact) mass is 269 g/mol. The Kier molecular flexibility index (Phi) is 4.58. The van der Waals surface area contributed by atoms with E-state index in [1.807, 2.05) is 0 Å². The van der Waals surface area contributed by atoms with Crippen LogP contribution in [0.3, 0.4) is 0 Å².